The van der Waals surface area contributed by atoms with Gasteiger partial charge in [-0.05, 0) is 31.5 Å². The molecule has 0 fully saturated rings. The summed E-state index contributed by atoms with van der Waals surface area (Å²) in [5.41, 5.74) is 5.26. The van der Waals surface area contributed by atoms with Crippen LogP contribution in [0.1, 0.15) is 33.4 Å². The first-order valence-electron chi connectivity index (χ1n) is 9.39. The molecule has 30 heavy (non-hydrogen) atoms. The van der Waals surface area contributed by atoms with Gasteiger partial charge in [-0.15, -0.1) is 0 Å². The lowest BCUT2D eigenvalue weighted by molar-refractivity contribution is 0.0531. The second kappa shape index (κ2) is 10.4. The summed E-state index contributed by atoms with van der Waals surface area (Å²) in [5.74, 6) is 0.829. The molecule has 1 heterocycles. The predicted octanol–water partition coefficient (Wildman–Crippen LogP) is 4.66. The summed E-state index contributed by atoms with van der Waals surface area (Å²) in [6.07, 6.45) is 1.63. The van der Waals surface area contributed by atoms with Crippen LogP contribution in [0.5, 0.6) is 11.5 Å². The molecule has 3 rings (SSSR count). The summed E-state index contributed by atoms with van der Waals surface area (Å²) in [6, 6.07) is 15.5. The van der Waals surface area contributed by atoms with Crippen molar-refractivity contribution in [3.8, 4) is 11.5 Å². The van der Waals surface area contributed by atoms with E-state index in [0.717, 1.165) is 11.1 Å². The Morgan fingerprint density at radius 1 is 1.20 bits per heavy atom. The number of esters is 1. The van der Waals surface area contributed by atoms with E-state index in [9.17, 15) is 4.79 Å². The fourth-order valence-corrected chi connectivity index (χ4v) is 3.48. The Labute approximate surface area is 179 Å². The molecule has 3 aromatic rings. The summed E-state index contributed by atoms with van der Waals surface area (Å²) in [4.78, 5) is 16.7. The first kappa shape index (κ1) is 21.3. The Balaban J connectivity index is 1.73. The molecule has 0 radical (unpaired) electrons. The van der Waals surface area contributed by atoms with Gasteiger partial charge in [0, 0.05) is 5.56 Å². The van der Waals surface area contributed by atoms with Crippen LogP contribution in [0, 0.1) is 6.92 Å². The number of methoxy groups -OCH3 is 1. The Morgan fingerprint density at radius 2 is 2.00 bits per heavy atom. The first-order valence-corrected chi connectivity index (χ1v) is 10.2. The number of nitrogens with zero attached hydrogens (tertiary/aromatic N) is 2. The average molecular weight is 426 g/mol. The quantitative estimate of drug-likeness (QED) is 0.305. The van der Waals surface area contributed by atoms with Crippen molar-refractivity contribution in [2.45, 2.75) is 20.5 Å². The van der Waals surface area contributed by atoms with E-state index in [1.807, 2.05) is 48.5 Å². The topological polar surface area (TPSA) is 82.0 Å². The van der Waals surface area contributed by atoms with Crippen LogP contribution in [0.3, 0.4) is 0 Å². The molecule has 156 valence electrons. The van der Waals surface area contributed by atoms with E-state index < -0.39 is 0 Å². The third-order valence-corrected chi connectivity index (χ3v) is 5.12. The van der Waals surface area contributed by atoms with Crippen molar-refractivity contribution in [3.05, 3.63) is 70.2 Å². The predicted molar refractivity (Wildman–Crippen MR) is 118 cm³/mol. The van der Waals surface area contributed by atoms with Gasteiger partial charge in [0.1, 0.15) is 11.5 Å². The molecule has 0 spiro atoms. The number of nitrogens with one attached hydrogen (secondary N) is 1. The molecule has 8 heteroatoms. The highest BCUT2D eigenvalue weighted by atomic mass is 32.1. The number of carbonyl (C=O) groups excluding carboxylic acids is 1. The third-order valence-electron chi connectivity index (χ3n) is 4.08. The highest BCUT2D eigenvalue weighted by Gasteiger charge is 2.16. The van der Waals surface area contributed by atoms with Crippen molar-refractivity contribution in [1.82, 2.24) is 4.98 Å². The summed E-state index contributed by atoms with van der Waals surface area (Å²) in [6.45, 7) is 4.25. The minimum atomic E-state index is -0.381. The van der Waals surface area contributed by atoms with Crippen molar-refractivity contribution in [2.75, 3.05) is 19.1 Å². The van der Waals surface area contributed by atoms with Gasteiger partial charge in [0.15, 0.2) is 11.5 Å². The molecular formula is C22H23N3O4S. The number of aromatic nitrogens is 1. The van der Waals surface area contributed by atoms with Gasteiger partial charge in [-0.2, -0.15) is 5.10 Å². The van der Waals surface area contributed by atoms with Crippen LogP contribution < -0.4 is 14.9 Å². The summed E-state index contributed by atoms with van der Waals surface area (Å²) < 4.78 is 16.5. The molecule has 1 aromatic heterocycles. The molecule has 0 unspecified atom stereocenters. The smallest absolute Gasteiger partial charge is 0.350 e. The van der Waals surface area contributed by atoms with Crippen molar-refractivity contribution in [3.63, 3.8) is 0 Å². The second-order valence-electron chi connectivity index (χ2n) is 6.18. The zero-order valence-electron chi connectivity index (χ0n) is 17.0. The molecule has 0 aliphatic carbocycles. The van der Waals surface area contributed by atoms with Crippen LogP contribution in [0.15, 0.2) is 53.6 Å². The largest absolute Gasteiger partial charge is 0.493 e. The molecular weight excluding hydrogens is 402 g/mol. The zero-order chi connectivity index (χ0) is 21.3. The molecule has 0 aliphatic heterocycles. The number of ether oxygens (including phenoxy) is 3. The minimum absolute atomic E-state index is 0.318. The number of hydrogen-bond donors (Lipinski definition) is 1. The van der Waals surface area contributed by atoms with Crippen LogP contribution in [0.4, 0.5) is 5.13 Å². The second-order valence-corrected chi connectivity index (χ2v) is 7.18. The van der Waals surface area contributed by atoms with E-state index in [0.29, 0.717) is 40.4 Å². The van der Waals surface area contributed by atoms with Crippen molar-refractivity contribution < 1.29 is 19.0 Å². The van der Waals surface area contributed by atoms with Gasteiger partial charge in [-0.1, -0.05) is 47.7 Å². The molecule has 0 saturated heterocycles. The Bertz CT molecular complexity index is 1020. The summed E-state index contributed by atoms with van der Waals surface area (Å²) >= 11 is 1.20. The Morgan fingerprint density at radius 3 is 2.73 bits per heavy atom. The summed E-state index contributed by atoms with van der Waals surface area (Å²) in [7, 11) is 1.60. The highest BCUT2D eigenvalue weighted by molar-refractivity contribution is 7.17. The first-order chi connectivity index (χ1) is 14.6. The number of thiazole rings is 1. The van der Waals surface area contributed by atoms with Crippen molar-refractivity contribution in [2.24, 2.45) is 5.10 Å². The van der Waals surface area contributed by atoms with Gasteiger partial charge in [-0.25, -0.2) is 9.78 Å². The molecule has 7 nitrogen and oxygen atoms in total. The molecule has 2 aromatic carbocycles. The molecule has 0 atom stereocenters. The molecule has 0 aliphatic rings. The van der Waals surface area contributed by atoms with E-state index in [1.165, 1.54) is 11.3 Å². The van der Waals surface area contributed by atoms with Crippen LogP contribution in [0.25, 0.3) is 0 Å². The molecule has 1 N–H and O–H groups in total. The molecule has 0 amide bonds. The van der Waals surface area contributed by atoms with E-state index >= 15 is 0 Å². The number of anilines is 1. The van der Waals surface area contributed by atoms with E-state index in [-0.39, 0.29) is 5.97 Å². The van der Waals surface area contributed by atoms with Crippen molar-refractivity contribution in [1.29, 1.82) is 0 Å². The number of carbonyl (C=O) groups is 1. The van der Waals surface area contributed by atoms with Gasteiger partial charge in [0.2, 0.25) is 5.13 Å². The number of hydrogen-bond acceptors (Lipinski definition) is 8. The van der Waals surface area contributed by atoms with Crippen LogP contribution in [0.2, 0.25) is 0 Å². The van der Waals surface area contributed by atoms with Crippen LogP contribution in [-0.2, 0) is 11.3 Å². The maximum absolute atomic E-state index is 11.9. The lowest BCUT2D eigenvalue weighted by Gasteiger charge is -2.13. The van der Waals surface area contributed by atoms with Crippen LogP contribution >= 0.6 is 11.3 Å². The fourth-order valence-electron chi connectivity index (χ4n) is 2.67. The van der Waals surface area contributed by atoms with Gasteiger partial charge in [-0.3, -0.25) is 5.43 Å². The van der Waals surface area contributed by atoms with Gasteiger partial charge >= 0.3 is 5.97 Å². The van der Waals surface area contributed by atoms with Crippen molar-refractivity contribution >= 4 is 28.7 Å². The normalized spacial score (nSPS) is 10.8. The van der Waals surface area contributed by atoms with E-state index in [4.69, 9.17) is 14.2 Å². The Hall–Kier alpha value is -3.39. The number of rotatable bonds is 9. The number of para-hydroxylation sites is 1. The molecule has 0 saturated carbocycles. The number of hydrazone groups is 1. The van der Waals surface area contributed by atoms with Crippen LogP contribution in [-0.4, -0.2) is 30.9 Å². The monoisotopic (exact) mass is 425 g/mol. The third kappa shape index (κ3) is 5.36. The standard InChI is InChI=1S/C22H23N3O4S/c1-4-28-21(26)20-15(2)24-22(30-20)25-23-13-17-11-8-12-18(27-3)19(17)29-14-16-9-6-5-7-10-16/h5-13H,4,14H2,1-3H3,(H,24,25)/b23-13-. The Kier molecular flexibility index (Phi) is 7.40. The minimum Gasteiger partial charge on any atom is -0.493 e. The van der Waals surface area contributed by atoms with Gasteiger partial charge in [0.25, 0.3) is 0 Å². The summed E-state index contributed by atoms with van der Waals surface area (Å²) in [5, 5.41) is 4.75. The lowest BCUT2D eigenvalue weighted by Crippen LogP contribution is -2.03. The SMILES string of the molecule is CCOC(=O)c1sc(N/N=C\c2cccc(OC)c2OCc2ccccc2)nc1C. The number of benzene rings is 2. The van der Waals surface area contributed by atoms with E-state index in [1.54, 1.807) is 27.2 Å². The highest BCUT2D eigenvalue weighted by Crippen LogP contribution is 2.31. The van der Waals surface area contributed by atoms with Gasteiger partial charge in [0.05, 0.1) is 25.6 Å². The lowest BCUT2D eigenvalue weighted by atomic mass is 10.2. The average Bonchev–Trinajstić information content (AvgIpc) is 3.14. The fraction of sp³-hybridized carbons (Fsp3) is 0.227. The number of aryl methyl sites for hydroxylation is 1. The molecule has 0 bridgehead atoms. The van der Waals surface area contributed by atoms with Gasteiger partial charge < -0.3 is 14.2 Å². The van der Waals surface area contributed by atoms with E-state index in [2.05, 4.69) is 15.5 Å². The maximum atomic E-state index is 11.9. The zero-order valence-corrected chi connectivity index (χ0v) is 17.9. The maximum Gasteiger partial charge on any atom is 0.350 e.